The van der Waals surface area contributed by atoms with Gasteiger partial charge in [0, 0.05) is 25.1 Å². The maximum Gasteiger partial charge on any atom is 0.268 e. The van der Waals surface area contributed by atoms with Gasteiger partial charge >= 0.3 is 0 Å². The molecule has 110 valence electrons. The van der Waals surface area contributed by atoms with Crippen molar-refractivity contribution >= 4 is 5.69 Å². The summed E-state index contributed by atoms with van der Waals surface area (Å²) in [6.45, 7) is 1.13. The van der Waals surface area contributed by atoms with Crippen LogP contribution < -0.4 is 15.6 Å². The molecule has 0 amide bonds. The van der Waals surface area contributed by atoms with Gasteiger partial charge in [0.1, 0.15) is 5.75 Å². The summed E-state index contributed by atoms with van der Waals surface area (Å²) in [5.74, 6) is 0.849. The largest absolute Gasteiger partial charge is 0.494 e. The molecule has 0 saturated heterocycles. The molecule has 1 N–H and O–H groups in total. The first-order valence-corrected chi connectivity index (χ1v) is 7.33. The monoisotopic (exact) mass is 285 g/mol. The normalized spacial score (nSPS) is 13.9. The minimum absolute atomic E-state index is 0.0691. The second-order valence-corrected chi connectivity index (χ2v) is 5.24. The van der Waals surface area contributed by atoms with Crippen LogP contribution in [0.25, 0.3) is 0 Å². The highest BCUT2D eigenvalue weighted by molar-refractivity contribution is 5.41. The lowest BCUT2D eigenvalue weighted by Gasteiger charge is -2.08. The van der Waals surface area contributed by atoms with Crippen LogP contribution in [0.2, 0.25) is 0 Å². The zero-order chi connectivity index (χ0) is 14.5. The summed E-state index contributed by atoms with van der Waals surface area (Å²) in [4.78, 5) is 11.9. The molecule has 0 unspecified atom stereocenters. The van der Waals surface area contributed by atoms with Crippen LogP contribution in [0, 0.1) is 0 Å². The van der Waals surface area contributed by atoms with Crippen molar-refractivity contribution < 1.29 is 4.74 Å². The number of rotatable bonds is 7. The van der Waals surface area contributed by atoms with E-state index in [0.29, 0.717) is 19.2 Å². The van der Waals surface area contributed by atoms with Crippen molar-refractivity contribution in [2.45, 2.75) is 31.8 Å². The lowest BCUT2D eigenvalue weighted by molar-refractivity contribution is 0.297. The van der Waals surface area contributed by atoms with Crippen LogP contribution in [0.15, 0.2) is 47.4 Å². The van der Waals surface area contributed by atoms with Gasteiger partial charge in [-0.05, 0) is 25.0 Å². The average molecular weight is 285 g/mol. The molecule has 5 nitrogen and oxygen atoms in total. The second kappa shape index (κ2) is 6.43. The highest BCUT2D eigenvalue weighted by atomic mass is 16.5. The van der Waals surface area contributed by atoms with Gasteiger partial charge in [-0.15, -0.1) is 0 Å². The molecule has 1 aromatic carbocycles. The van der Waals surface area contributed by atoms with E-state index >= 15 is 0 Å². The van der Waals surface area contributed by atoms with Crippen molar-refractivity contribution in [3.05, 3.63) is 52.9 Å². The molecule has 0 spiro atoms. The SMILES string of the molecule is O=c1cc(NC2CC2)cnn1CCCOc1ccccc1. The fourth-order valence-corrected chi connectivity index (χ4v) is 2.06. The molecule has 0 bridgehead atoms. The third-order valence-corrected chi connectivity index (χ3v) is 3.34. The van der Waals surface area contributed by atoms with Gasteiger partial charge in [0.2, 0.25) is 0 Å². The van der Waals surface area contributed by atoms with Gasteiger partial charge < -0.3 is 10.1 Å². The van der Waals surface area contributed by atoms with E-state index in [4.69, 9.17) is 4.74 Å². The minimum atomic E-state index is -0.0691. The van der Waals surface area contributed by atoms with Gasteiger partial charge in [0.25, 0.3) is 5.56 Å². The fraction of sp³-hybridized carbons (Fsp3) is 0.375. The third-order valence-electron chi connectivity index (χ3n) is 3.34. The van der Waals surface area contributed by atoms with Crippen molar-refractivity contribution in [3.63, 3.8) is 0 Å². The highest BCUT2D eigenvalue weighted by Crippen LogP contribution is 2.23. The molecule has 21 heavy (non-hydrogen) atoms. The van der Waals surface area contributed by atoms with Gasteiger partial charge in [-0.2, -0.15) is 5.10 Å². The summed E-state index contributed by atoms with van der Waals surface area (Å²) in [5.41, 5.74) is 0.750. The number of benzene rings is 1. The summed E-state index contributed by atoms with van der Waals surface area (Å²) >= 11 is 0. The van der Waals surface area contributed by atoms with E-state index in [1.165, 1.54) is 17.5 Å². The molecule has 3 rings (SSSR count). The highest BCUT2D eigenvalue weighted by Gasteiger charge is 2.20. The Morgan fingerprint density at radius 1 is 1.29 bits per heavy atom. The predicted octanol–water partition coefficient (Wildman–Crippen LogP) is 2.29. The first-order chi connectivity index (χ1) is 10.3. The zero-order valence-electron chi connectivity index (χ0n) is 11.9. The number of hydrogen-bond acceptors (Lipinski definition) is 4. The van der Waals surface area contributed by atoms with E-state index < -0.39 is 0 Å². The van der Waals surface area contributed by atoms with E-state index in [-0.39, 0.29) is 5.56 Å². The van der Waals surface area contributed by atoms with Crippen molar-refractivity contribution in [1.82, 2.24) is 9.78 Å². The van der Waals surface area contributed by atoms with Crippen LogP contribution >= 0.6 is 0 Å². The molecule has 0 aliphatic heterocycles. The Bertz CT molecular complexity index is 635. The van der Waals surface area contributed by atoms with Crippen LogP contribution in [-0.2, 0) is 6.54 Å². The van der Waals surface area contributed by atoms with Gasteiger partial charge in [0.05, 0.1) is 18.5 Å². The maximum atomic E-state index is 11.9. The average Bonchev–Trinajstić information content (AvgIpc) is 3.30. The Hall–Kier alpha value is -2.30. The molecule has 5 heteroatoms. The van der Waals surface area contributed by atoms with Crippen molar-refractivity contribution in [1.29, 1.82) is 0 Å². The Labute approximate surface area is 123 Å². The summed E-state index contributed by atoms with van der Waals surface area (Å²) in [6.07, 6.45) is 4.83. The summed E-state index contributed by atoms with van der Waals surface area (Å²) in [6, 6.07) is 11.8. The smallest absolute Gasteiger partial charge is 0.268 e. The van der Waals surface area contributed by atoms with Gasteiger partial charge in [-0.3, -0.25) is 4.79 Å². The number of aryl methyl sites for hydroxylation is 1. The number of hydrogen-bond donors (Lipinski definition) is 1. The van der Waals surface area contributed by atoms with Crippen molar-refractivity contribution in [2.75, 3.05) is 11.9 Å². The number of nitrogens with one attached hydrogen (secondary N) is 1. The van der Waals surface area contributed by atoms with Gasteiger partial charge in [-0.25, -0.2) is 4.68 Å². The van der Waals surface area contributed by atoms with E-state index in [9.17, 15) is 4.79 Å². The molecular formula is C16H19N3O2. The molecular weight excluding hydrogens is 266 g/mol. The van der Waals surface area contributed by atoms with Crippen LogP contribution in [-0.4, -0.2) is 22.4 Å². The topological polar surface area (TPSA) is 56.2 Å². The number of ether oxygens (including phenoxy) is 1. The fourth-order valence-electron chi connectivity index (χ4n) is 2.06. The molecule has 1 heterocycles. The first-order valence-electron chi connectivity index (χ1n) is 7.33. The lowest BCUT2D eigenvalue weighted by Crippen LogP contribution is -2.23. The zero-order valence-corrected chi connectivity index (χ0v) is 11.9. The van der Waals surface area contributed by atoms with Crippen molar-refractivity contribution in [3.8, 4) is 5.75 Å². The molecule has 2 aromatic rings. The molecule has 1 aliphatic carbocycles. The van der Waals surface area contributed by atoms with Crippen LogP contribution in [0.4, 0.5) is 5.69 Å². The van der Waals surface area contributed by atoms with Crippen molar-refractivity contribution in [2.24, 2.45) is 0 Å². The maximum absolute atomic E-state index is 11.9. The second-order valence-electron chi connectivity index (χ2n) is 5.24. The quantitative estimate of drug-likeness (QED) is 0.793. The standard InChI is InChI=1S/C16H19N3O2/c20-16-11-14(18-13-7-8-13)12-17-19(16)9-4-10-21-15-5-2-1-3-6-15/h1-3,5-6,11-13,18H,4,7-10H2. The van der Waals surface area contributed by atoms with Crippen LogP contribution in [0.3, 0.4) is 0 Å². The molecule has 1 aromatic heterocycles. The summed E-state index contributed by atoms with van der Waals surface area (Å²) < 4.78 is 7.08. The number of nitrogens with zero attached hydrogens (tertiary/aromatic N) is 2. The first kappa shape index (κ1) is 13.7. The minimum Gasteiger partial charge on any atom is -0.494 e. The number of anilines is 1. The molecule has 1 fully saturated rings. The van der Waals surface area contributed by atoms with Gasteiger partial charge in [-0.1, -0.05) is 18.2 Å². The van der Waals surface area contributed by atoms with E-state index in [0.717, 1.165) is 17.9 Å². The predicted molar refractivity (Wildman–Crippen MR) is 81.7 cm³/mol. The van der Waals surface area contributed by atoms with E-state index in [1.807, 2.05) is 30.3 Å². The molecule has 0 atom stereocenters. The number of aromatic nitrogens is 2. The van der Waals surface area contributed by atoms with E-state index in [2.05, 4.69) is 10.4 Å². The molecule has 1 aliphatic rings. The number of para-hydroxylation sites is 1. The Kier molecular flexibility index (Phi) is 4.19. The van der Waals surface area contributed by atoms with Crippen LogP contribution in [0.1, 0.15) is 19.3 Å². The summed E-state index contributed by atoms with van der Waals surface area (Å²) in [5, 5.41) is 7.46. The Morgan fingerprint density at radius 3 is 2.81 bits per heavy atom. The van der Waals surface area contributed by atoms with E-state index in [1.54, 1.807) is 12.3 Å². The lowest BCUT2D eigenvalue weighted by atomic mass is 10.3. The Morgan fingerprint density at radius 2 is 2.10 bits per heavy atom. The molecule has 1 saturated carbocycles. The third kappa shape index (κ3) is 4.08. The Balaban J connectivity index is 1.47. The van der Waals surface area contributed by atoms with Crippen LogP contribution in [0.5, 0.6) is 5.75 Å². The summed E-state index contributed by atoms with van der Waals surface area (Å²) in [7, 11) is 0. The van der Waals surface area contributed by atoms with Gasteiger partial charge in [0.15, 0.2) is 0 Å². The molecule has 0 radical (unpaired) electrons.